The Kier molecular flexibility index (Phi) is 9.68. The number of carbonyl (C=O) groups is 3. The number of ether oxygens (including phenoxy) is 1. The highest BCUT2D eigenvalue weighted by Gasteiger charge is 2.27. The summed E-state index contributed by atoms with van der Waals surface area (Å²) < 4.78 is 35.5. The van der Waals surface area contributed by atoms with Crippen molar-refractivity contribution < 1.29 is 32.4 Å². The van der Waals surface area contributed by atoms with Gasteiger partial charge in [-0.25, -0.2) is 9.37 Å². The third-order valence-corrected chi connectivity index (χ3v) is 7.77. The second-order valence-corrected chi connectivity index (χ2v) is 11.4. The topological polar surface area (TPSA) is 123 Å². The van der Waals surface area contributed by atoms with Crippen molar-refractivity contribution in [1.29, 1.82) is 0 Å². The van der Waals surface area contributed by atoms with Crippen molar-refractivity contribution in [3.05, 3.63) is 64.6 Å². The van der Waals surface area contributed by atoms with Crippen molar-refractivity contribution in [2.75, 3.05) is 72.3 Å². The van der Waals surface area contributed by atoms with E-state index in [0.29, 0.717) is 41.9 Å². The molecule has 3 N–H and O–H groups in total. The van der Waals surface area contributed by atoms with Crippen LogP contribution in [0.5, 0.6) is 5.75 Å². The monoisotopic (exact) mass is 618 g/mol. The van der Waals surface area contributed by atoms with Crippen molar-refractivity contribution >= 4 is 35.0 Å². The van der Waals surface area contributed by atoms with Crippen LogP contribution in [0, 0.1) is 11.6 Å². The van der Waals surface area contributed by atoms with E-state index in [2.05, 4.69) is 15.2 Å². The number of methoxy groups -OCH3 is 1. The Bertz CT molecular complexity index is 1540. The van der Waals surface area contributed by atoms with Crippen LogP contribution in [0.15, 0.2) is 36.5 Å². The Balaban J connectivity index is 1.37. The van der Waals surface area contributed by atoms with Crippen LogP contribution in [0.25, 0.3) is 11.3 Å². The second-order valence-electron chi connectivity index (χ2n) is 11.0. The molecule has 0 atom stereocenters. The van der Waals surface area contributed by atoms with Gasteiger partial charge in [-0.3, -0.25) is 19.3 Å². The van der Waals surface area contributed by atoms with Gasteiger partial charge >= 0.3 is 0 Å². The number of halogens is 3. The largest absolute Gasteiger partial charge is 0.494 e. The number of nitrogens with one attached hydrogen (secondary N) is 1. The van der Waals surface area contributed by atoms with Crippen LogP contribution >= 0.6 is 11.6 Å². The summed E-state index contributed by atoms with van der Waals surface area (Å²) in [6.07, 6.45) is 1.27. The van der Waals surface area contributed by atoms with Crippen LogP contribution in [0.2, 0.25) is 5.02 Å². The number of aromatic nitrogens is 2. The highest BCUT2D eigenvalue weighted by Crippen LogP contribution is 2.30. The van der Waals surface area contributed by atoms with E-state index in [9.17, 15) is 23.2 Å². The number of imidazole rings is 1. The van der Waals surface area contributed by atoms with Crippen molar-refractivity contribution in [1.82, 2.24) is 19.4 Å². The van der Waals surface area contributed by atoms with E-state index in [4.69, 9.17) is 22.1 Å². The molecule has 0 spiro atoms. The Hall–Kier alpha value is -4.07. The van der Waals surface area contributed by atoms with E-state index in [1.54, 1.807) is 17.0 Å². The molecule has 1 saturated heterocycles. The third-order valence-electron chi connectivity index (χ3n) is 7.46. The second kappa shape index (κ2) is 13.1. The number of nitrogens with two attached hydrogens (primary N) is 1. The summed E-state index contributed by atoms with van der Waals surface area (Å²) in [5.74, 6) is -3.70. The van der Waals surface area contributed by atoms with Crippen LogP contribution in [-0.2, 0) is 11.8 Å². The van der Waals surface area contributed by atoms with E-state index in [1.165, 1.54) is 43.1 Å². The maximum absolute atomic E-state index is 14.6. The fourth-order valence-electron chi connectivity index (χ4n) is 4.97. The molecule has 2 aromatic carbocycles. The summed E-state index contributed by atoms with van der Waals surface area (Å²) in [5, 5.41) is 2.85. The van der Waals surface area contributed by atoms with Gasteiger partial charge in [0.1, 0.15) is 0 Å². The normalized spacial score (nSPS) is 14.1. The highest BCUT2D eigenvalue weighted by atomic mass is 35.5. The van der Waals surface area contributed by atoms with Crippen LogP contribution in [-0.4, -0.2) is 109 Å². The summed E-state index contributed by atoms with van der Waals surface area (Å²) in [6.45, 7) is 4.22. The molecule has 0 unspecified atom stereocenters. The molecule has 0 aliphatic carbocycles. The number of benzene rings is 2. The van der Waals surface area contributed by atoms with Crippen LogP contribution in [0.4, 0.5) is 14.5 Å². The maximum atomic E-state index is 14.6. The standard InChI is InChI=1S/C29H34ClF2N7O4/c1-36-22(20-7-8-23(43-4)26(32)25(20)31)16-34-27(36)28(41)35-18-5-6-19(21(30)15-18)29(42)38-11-9-37(10-12-38)13-14-39(2,3)17-24(33)40/h5-8,15-16H,9-14,17H2,1-4H3,(H2-,33,35,40,41,42)/p+1. The molecule has 1 aliphatic heterocycles. The molecule has 43 heavy (non-hydrogen) atoms. The lowest BCUT2D eigenvalue weighted by Crippen LogP contribution is -2.53. The number of likely N-dealkylation sites (N-methyl/N-ethyl adjacent to an activating group) is 1. The first-order valence-electron chi connectivity index (χ1n) is 13.6. The van der Waals surface area contributed by atoms with Gasteiger partial charge in [-0.15, -0.1) is 0 Å². The summed E-state index contributed by atoms with van der Waals surface area (Å²) in [6, 6.07) is 7.23. The quantitative estimate of drug-likeness (QED) is 0.337. The molecule has 14 heteroatoms. The number of amides is 3. The predicted octanol–water partition coefficient (Wildman–Crippen LogP) is 2.60. The zero-order valence-corrected chi connectivity index (χ0v) is 25.3. The number of hydrogen-bond acceptors (Lipinski definition) is 6. The van der Waals surface area contributed by atoms with Gasteiger partial charge in [-0.2, -0.15) is 4.39 Å². The predicted molar refractivity (Wildman–Crippen MR) is 158 cm³/mol. The van der Waals surface area contributed by atoms with Gasteiger partial charge in [0.2, 0.25) is 5.82 Å². The maximum Gasteiger partial charge on any atom is 0.291 e. The Morgan fingerprint density at radius 3 is 2.42 bits per heavy atom. The van der Waals surface area contributed by atoms with Gasteiger partial charge in [-0.05, 0) is 30.3 Å². The molecule has 11 nitrogen and oxygen atoms in total. The van der Waals surface area contributed by atoms with Crippen LogP contribution < -0.4 is 15.8 Å². The number of piperazine rings is 1. The minimum Gasteiger partial charge on any atom is -0.494 e. The molecular formula is C29H35ClF2N7O4+. The number of carbonyl (C=O) groups excluding carboxylic acids is 3. The summed E-state index contributed by atoms with van der Waals surface area (Å²) in [5.41, 5.74) is 6.09. The molecule has 2 heterocycles. The lowest BCUT2D eigenvalue weighted by atomic mass is 10.1. The van der Waals surface area contributed by atoms with Crippen LogP contribution in [0.1, 0.15) is 21.0 Å². The fraction of sp³-hybridized carbons (Fsp3) is 0.379. The van der Waals surface area contributed by atoms with Crippen LogP contribution in [0.3, 0.4) is 0 Å². The number of hydrogen-bond donors (Lipinski definition) is 2. The van der Waals surface area contributed by atoms with E-state index >= 15 is 0 Å². The smallest absolute Gasteiger partial charge is 0.291 e. The minimum atomic E-state index is -1.14. The number of anilines is 1. The molecule has 4 rings (SSSR count). The molecule has 3 aromatic rings. The number of rotatable bonds is 10. The molecule has 0 radical (unpaired) electrons. The summed E-state index contributed by atoms with van der Waals surface area (Å²) in [4.78, 5) is 45.5. The van der Waals surface area contributed by atoms with Crippen molar-refractivity contribution in [3.8, 4) is 17.0 Å². The number of quaternary nitrogens is 1. The Morgan fingerprint density at radius 1 is 1.09 bits per heavy atom. The first-order chi connectivity index (χ1) is 20.3. The minimum absolute atomic E-state index is 0.0448. The lowest BCUT2D eigenvalue weighted by Gasteiger charge is -2.37. The first-order valence-corrected chi connectivity index (χ1v) is 14.0. The van der Waals surface area contributed by atoms with Gasteiger partial charge in [0, 0.05) is 51.0 Å². The molecule has 1 aromatic heterocycles. The Labute approximate surface area is 253 Å². The van der Waals surface area contributed by atoms with Gasteiger partial charge in [0.15, 0.2) is 23.9 Å². The fourth-order valence-corrected chi connectivity index (χ4v) is 5.23. The van der Waals surface area contributed by atoms with Gasteiger partial charge in [0.25, 0.3) is 17.7 Å². The third kappa shape index (κ3) is 7.29. The molecule has 0 bridgehead atoms. The SMILES string of the molecule is COc1ccc(-c2cnc(C(=O)Nc3ccc(C(=O)N4CCN(CC[N+](C)(C)CC(N)=O)CC4)c(Cl)c3)n2C)c(F)c1F. The van der Waals surface area contributed by atoms with Crippen molar-refractivity contribution in [2.24, 2.45) is 12.8 Å². The Morgan fingerprint density at radius 2 is 1.79 bits per heavy atom. The van der Waals surface area contributed by atoms with E-state index < -0.39 is 17.5 Å². The zero-order valence-electron chi connectivity index (χ0n) is 24.5. The molecule has 0 saturated carbocycles. The average Bonchev–Trinajstić information content (AvgIpc) is 3.33. The van der Waals surface area contributed by atoms with Gasteiger partial charge in [0.05, 0.1) is 50.2 Å². The molecular weight excluding hydrogens is 584 g/mol. The van der Waals surface area contributed by atoms with Gasteiger partial charge in [-0.1, -0.05) is 11.6 Å². The molecule has 1 fully saturated rings. The summed E-state index contributed by atoms with van der Waals surface area (Å²) in [7, 11) is 6.66. The molecule has 230 valence electrons. The van der Waals surface area contributed by atoms with E-state index in [0.717, 1.165) is 13.1 Å². The van der Waals surface area contributed by atoms with E-state index in [-0.39, 0.29) is 46.2 Å². The van der Waals surface area contributed by atoms with Gasteiger partial charge < -0.3 is 29.7 Å². The highest BCUT2D eigenvalue weighted by molar-refractivity contribution is 6.34. The van der Waals surface area contributed by atoms with E-state index in [1.807, 2.05) is 14.1 Å². The van der Waals surface area contributed by atoms with Crippen molar-refractivity contribution in [2.45, 2.75) is 0 Å². The average molecular weight is 619 g/mol. The van der Waals surface area contributed by atoms with Crippen molar-refractivity contribution in [3.63, 3.8) is 0 Å². The molecule has 1 aliphatic rings. The first kappa shape index (κ1) is 31.9. The number of primary amides is 1. The molecule has 3 amide bonds. The number of nitrogens with zero attached hydrogens (tertiary/aromatic N) is 5. The zero-order chi connectivity index (χ0) is 31.5. The summed E-state index contributed by atoms with van der Waals surface area (Å²) >= 11 is 6.46. The lowest BCUT2D eigenvalue weighted by molar-refractivity contribution is -0.881.